The maximum absolute atomic E-state index is 12.7. The summed E-state index contributed by atoms with van der Waals surface area (Å²) in [5, 5.41) is 2.85. The molecule has 7 nitrogen and oxygen atoms in total. The van der Waals surface area contributed by atoms with Crippen LogP contribution in [-0.2, 0) is 9.59 Å². The maximum Gasteiger partial charge on any atom is 0.229 e. The Morgan fingerprint density at radius 3 is 2.30 bits per heavy atom. The normalized spacial score (nSPS) is 16.2. The number of nitrogens with zero attached hydrogens (tertiary/aromatic N) is 1. The second kappa shape index (κ2) is 7.99. The van der Waals surface area contributed by atoms with Gasteiger partial charge in [-0.3, -0.25) is 9.59 Å². The predicted octanol–water partition coefficient (Wildman–Crippen LogP) is 2.70. The fraction of sp³-hybridized carbons (Fsp3) is 0.300. The number of nitrogens with one attached hydrogen (secondary N) is 1. The van der Waals surface area contributed by atoms with E-state index in [0.717, 1.165) is 5.69 Å². The molecule has 2 aromatic rings. The summed E-state index contributed by atoms with van der Waals surface area (Å²) in [6.45, 7) is 0.323. The number of anilines is 2. The van der Waals surface area contributed by atoms with E-state index in [1.165, 1.54) is 7.11 Å². The summed E-state index contributed by atoms with van der Waals surface area (Å²) >= 11 is 0. The molecule has 1 aliphatic heterocycles. The van der Waals surface area contributed by atoms with Crippen LogP contribution in [0.15, 0.2) is 42.5 Å². The summed E-state index contributed by atoms with van der Waals surface area (Å²) in [7, 11) is 4.67. The smallest absolute Gasteiger partial charge is 0.229 e. The Morgan fingerprint density at radius 1 is 1.00 bits per heavy atom. The quantitative estimate of drug-likeness (QED) is 0.846. The van der Waals surface area contributed by atoms with E-state index in [0.29, 0.717) is 29.5 Å². The fourth-order valence-corrected chi connectivity index (χ4v) is 3.04. The van der Waals surface area contributed by atoms with Gasteiger partial charge in [-0.1, -0.05) is 0 Å². The molecule has 1 atom stereocenters. The second-order valence-corrected chi connectivity index (χ2v) is 6.16. The monoisotopic (exact) mass is 370 g/mol. The van der Waals surface area contributed by atoms with Crippen LogP contribution < -0.4 is 24.4 Å². The molecule has 2 amide bonds. The molecule has 0 radical (unpaired) electrons. The molecule has 0 saturated carbocycles. The first-order valence-corrected chi connectivity index (χ1v) is 8.53. The summed E-state index contributed by atoms with van der Waals surface area (Å²) in [6, 6.07) is 12.4. The summed E-state index contributed by atoms with van der Waals surface area (Å²) in [6.07, 6.45) is 0.157. The van der Waals surface area contributed by atoms with Gasteiger partial charge in [0.2, 0.25) is 11.8 Å². The van der Waals surface area contributed by atoms with Gasteiger partial charge in [0.05, 0.1) is 32.9 Å². The molecule has 0 bridgehead atoms. The average molecular weight is 370 g/mol. The van der Waals surface area contributed by atoms with E-state index in [1.807, 2.05) is 12.1 Å². The molecule has 2 aromatic carbocycles. The minimum atomic E-state index is -0.449. The SMILES string of the molecule is COc1ccc(N2C[C@H](C(=O)Nc3cc(OC)ccc3OC)CC2=O)cc1. The number of hydrogen-bond donors (Lipinski definition) is 1. The lowest BCUT2D eigenvalue weighted by atomic mass is 10.1. The fourth-order valence-electron chi connectivity index (χ4n) is 3.04. The number of carbonyl (C=O) groups excluding carboxylic acids is 2. The van der Waals surface area contributed by atoms with Crippen molar-refractivity contribution >= 4 is 23.2 Å². The maximum atomic E-state index is 12.7. The molecule has 0 aliphatic carbocycles. The summed E-state index contributed by atoms with van der Waals surface area (Å²) in [5.74, 6) is 1.08. The van der Waals surface area contributed by atoms with Gasteiger partial charge >= 0.3 is 0 Å². The van der Waals surface area contributed by atoms with Crippen LogP contribution in [0.4, 0.5) is 11.4 Å². The highest BCUT2D eigenvalue weighted by Gasteiger charge is 2.35. The number of carbonyl (C=O) groups is 2. The molecule has 3 rings (SSSR count). The van der Waals surface area contributed by atoms with Crippen LogP contribution >= 0.6 is 0 Å². The number of hydrogen-bond acceptors (Lipinski definition) is 5. The van der Waals surface area contributed by atoms with Crippen molar-refractivity contribution in [1.29, 1.82) is 0 Å². The highest BCUT2D eigenvalue weighted by atomic mass is 16.5. The van der Waals surface area contributed by atoms with Crippen molar-refractivity contribution in [2.75, 3.05) is 38.1 Å². The molecule has 1 saturated heterocycles. The Hall–Kier alpha value is -3.22. The molecule has 142 valence electrons. The summed E-state index contributed by atoms with van der Waals surface area (Å²) in [5.41, 5.74) is 1.26. The van der Waals surface area contributed by atoms with E-state index >= 15 is 0 Å². The minimum absolute atomic E-state index is 0.0853. The number of methoxy groups -OCH3 is 3. The van der Waals surface area contributed by atoms with Gasteiger partial charge in [0.25, 0.3) is 0 Å². The third kappa shape index (κ3) is 3.97. The number of rotatable bonds is 6. The molecular weight excluding hydrogens is 348 g/mol. The molecule has 1 aliphatic rings. The van der Waals surface area contributed by atoms with Crippen molar-refractivity contribution in [3.05, 3.63) is 42.5 Å². The van der Waals surface area contributed by atoms with Crippen molar-refractivity contribution in [3.8, 4) is 17.2 Å². The lowest BCUT2D eigenvalue weighted by Gasteiger charge is -2.17. The summed E-state index contributed by atoms with van der Waals surface area (Å²) < 4.78 is 15.6. The van der Waals surface area contributed by atoms with Gasteiger partial charge in [0, 0.05) is 24.7 Å². The van der Waals surface area contributed by atoms with Crippen molar-refractivity contribution in [2.24, 2.45) is 5.92 Å². The number of amides is 2. The zero-order valence-corrected chi connectivity index (χ0v) is 15.5. The first-order valence-electron chi connectivity index (χ1n) is 8.53. The van der Waals surface area contributed by atoms with Gasteiger partial charge in [0.15, 0.2) is 0 Å². The van der Waals surface area contributed by atoms with Crippen molar-refractivity contribution < 1.29 is 23.8 Å². The topological polar surface area (TPSA) is 77.1 Å². The first-order chi connectivity index (χ1) is 13.0. The van der Waals surface area contributed by atoms with Crippen LogP contribution in [0.3, 0.4) is 0 Å². The summed E-state index contributed by atoms with van der Waals surface area (Å²) in [4.78, 5) is 26.7. The van der Waals surface area contributed by atoms with Crippen LogP contribution in [0.25, 0.3) is 0 Å². The van der Waals surface area contributed by atoms with Gasteiger partial charge in [-0.05, 0) is 36.4 Å². The Morgan fingerprint density at radius 2 is 1.67 bits per heavy atom. The van der Waals surface area contributed by atoms with Gasteiger partial charge in [-0.25, -0.2) is 0 Å². The van der Waals surface area contributed by atoms with Crippen LogP contribution in [0, 0.1) is 5.92 Å². The van der Waals surface area contributed by atoms with Gasteiger partial charge in [0.1, 0.15) is 17.2 Å². The second-order valence-electron chi connectivity index (χ2n) is 6.16. The standard InChI is InChI=1S/C20H22N2O5/c1-25-15-6-4-14(5-7-15)22-12-13(10-19(22)23)20(24)21-17-11-16(26-2)8-9-18(17)27-3/h4-9,11,13H,10,12H2,1-3H3,(H,21,24)/t13-/m1/s1. The average Bonchev–Trinajstić information content (AvgIpc) is 3.09. The van der Waals surface area contributed by atoms with E-state index in [1.54, 1.807) is 49.5 Å². The molecule has 1 heterocycles. The van der Waals surface area contributed by atoms with Crippen molar-refractivity contribution in [3.63, 3.8) is 0 Å². The largest absolute Gasteiger partial charge is 0.497 e. The Bertz CT molecular complexity index is 835. The molecule has 0 aromatic heterocycles. The lowest BCUT2D eigenvalue weighted by Crippen LogP contribution is -2.28. The number of ether oxygens (including phenoxy) is 3. The Labute approximate surface area is 157 Å². The van der Waals surface area contributed by atoms with Crippen LogP contribution in [0.5, 0.6) is 17.2 Å². The molecule has 0 spiro atoms. The van der Waals surface area contributed by atoms with Crippen LogP contribution in [-0.4, -0.2) is 39.7 Å². The highest BCUT2D eigenvalue weighted by Crippen LogP contribution is 2.31. The van der Waals surface area contributed by atoms with E-state index in [-0.39, 0.29) is 18.2 Å². The molecule has 1 fully saturated rings. The van der Waals surface area contributed by atoms with Gasteiger partial charge < -0.3 is 24.4 Å². The van der Waals surface area contributed by atoms with Gasteiger partial charge in [-0.15, -0.1) is 0 Å². The van der Waals surface area contributed by atoms with E-state index in [4.69, 9.17) is 14.2 Å². The van der Waals surface area contributed by atoms with Crippen LogP contribution in [0.2, 0.25) is 0 Å². The zero-order valence-electron chi connectivity index (χ0n) is 15.5. The van der Waals surface area contributed by atoms with Gasteiger partial charge in [-0.2, -0.15) is 0 Å². The molecular formula is C20H22N2O5. The third-order valence-corrected chi connectivity index (χ3v) is 4.54. The molecule has 1 N–H and O–H groups in total. The Kier molecular flexibility index (Phi) is 5.49. The van der Waals surface area contributed by atoms with E-state index in [9.17, 15) is 9.59 Å². The van der Waals surface area contributed by atoms with Crippen LogP contribution in [0.1, 0.15) is 6.42 Å². The van der Waals surface area contributed by atoms with E-state index < -0.39 is 5.92 Å². The molecule has 27 heavy (non-hydrogen) atoms. The van der Waals surface area contributed by atoms with E-state index in [2.05, 4.69) is 5.32 Å². The predicted molar refractivity (Wildman–Crippen MR) is 102 cm³/mol. The zero-order chi connectivity index (χ0) is 19.4. The third-order valence-electron chi connectivity index (χ3n) is 4.54. The first kappa shape index (κ1) is 18.6. The molecule has 0 unspecified atom stereocenters. The highest BCUT2D eigenvalue weighted by molar-refractivity contribution is 6.04. The number of benzene rings is 2. The molecule has 7 heteroatoms. The van der Waals surface area contributed by atoms with Crippen molar-refractivity contribution in [2.45, 2.75) is 6.42 Å². The minimum Gasteiger partial charge on any atom is -0.497 e. The lowest BCUT2D eigenvalue weighted by molar-refractivity contribution is -0.122. The van der Waals surface area contributed by atoms with Crippen molar-refractivity contribution in [1.82, 2.24) is 0 Å². The Balaban J connectivity index is 1.72.